The van der Waals surface area contributed by atoms with Crippen LogP contribution in [0, 0.1) is 13.8 Å². The number of aromatic nitrogens is 5. The highest BCUT2D eigenvalue weighted by molar-refractivity contribution is 5.98. The van der Waals surface area contributed by atoms with Crippen molar-refractivity contribution in [3.8, 4) is 5.75 Å². The molecule has 0 aliphatic carbocycles. The van der Waals surface area contributed by atoms with E-state index in [-0.39, 0.29) is 13.2 Å². The molecule has 0 aliphatic heterocycles. The molecule has 0 fully saturated rings. The van der Waals surface area contributed by atoms with Gasteiger partial charge >= 0.3 is 0 Å². The van der Waals surface area contributed by atoms with Gasteiger partial charge in [-0.25, -0.2) is 14.5 Å². The Morgan fingerprint density at radius 2 is 1.93 bits per heavy atom. The molecule has 1 aromatic carbocycles. The van der Waals surface area contributed by atoms with Crippen LogP contribution in [0.5, 0.6) is 5.75 Å². The lowest BCUT2D eigenvalue weighted by Gasteiger charge is -2.04. The van der Waals surface area contributed by atoms with E-state index in [1.54, 1.807) is 18.0 Å². The normalized spacial score (nSPS) is 12.1. The third-order valence-electron chi connectivity index (χ3n) is 5.22. The maximum absolute atomic E-state index is 9.36. The highest BCUT2D eigenvalue weighted by Gasteiger charge is 2.17. The van der Waals surface area contributed by atoms with Gasteiger partial charge in [0.2, 0.25) is 0 Å². The van der Waals surface area contributed by atoms with Crippen LogP contribution < -0.4 is 4.74 Å². The van der Waals surface area contributed by atoms with Gasteiger partial charge in [-0.2, -0.15) is 0 Å². The maximum Gasteiger partial charge on any atom is 0.192 e. The van der Waals surface area contributed by atoms with E-state index >= 15 is 0 Å². The zero-order chi connectivity index (χ0) is 21.3. The molecular weight excluding hydrogens is 384 g/mol. The molecule has 0 radical (unpaired) electrons. The van der Waals surface area contributed by atoms with Gasteiger partial charge in [0, 0.05) is 12.2 Å². The van der Waals surface area contributed by atoms with Crippen molar-refractivity contribution in [1.82, 2.24) is 24.1 Å². The summed E-state index contributed by atoms with van der Waals surface area (Å²) in [6, 6.07) is 7.61. The number of methoxy groups -OCH3 is 1. The molecule has 156 valence electrons. The van der Waals surface area contributed by atoms with Crippen molar-refractivity contribution in [3.63, 3.8) is 0 Å². The van der Waals surface area contributed by atoms with Crippen molar-refractivity contribution in [1.29, 1.82) is 0 Å². The molecule has 0 spiro atoms. The molecule has 0 aliphatic rings. The molecule has 30 heavy (non-hydrogen) atoms. The Morgan fingerprint density at radius 3 is 2.63 bits per heavy atom. The van der Waals surface area contributed by atoms with Crippen LogP contribution in [0.25, 0.3) is 16.7 Å². The highest BCUT2D eigenvalue weighted by atomic mass is 16.6. The number of fused-ring (bicyclic) bond motifs is 3. The number of rotatable bonds is 7. The number of hydrogen-bond acceptors (Lipinski definition) is 7. The summed E-state index contributed by atoms with van der Waals surface area (Å²) in [6.45, 7) is 6.60. The predicted octanol–water partition coefficient (Wildman–Crippen LogP) is 2.64. The van der Waals surface area contributed by atoms with Gasteiger partial charge in [0.25, 0.3) is 0 Å². The van der Waals surface area contributed by atoms with Gasteiger partial charge in [0.05, 0.1) is 24.8 Å². The second kappa shape index (κ2) is 8.11. The lowest BCUT2D eigenvalue weighted by atomic mass is 10.1. The molecule has 4 aromatic rings. The predicted molar refractivity (Wildman–Crippen MR) is 113 cm³/mol. The van der Waals surface area contributed by atoms with Crippen LogP contribution in [0.1, 0.15) is 29.6 Å². The highest BCUT2D eigenvalue weighted by Crippen LogP contribution is 2.26. The van der Waals surface area contributed by atoms with E-state index in [1.165, 1.54) is 0 Å². The molecule has 0 saturated heterocycles. The van der Waals surface area contributed by atoms with Crippen molar-refractivity contribution in [2.24, 2.45) is 5.16 Å². The van der Waals surface area contributed by atoms with Crippen LogP contribution in [0.2, 0.25) is 0 Å². The van der Waals surface area contributed by atoms with Gasteiger partial charge in [-0.1, -0.05) is 5.16 Å². The van der Waals surface area contributed by atoms with Crippen LogP contribution in [-0.2, 0) is 18.0 Å². The molecule has 4 rings (SSSR count). The number of aryl methyl sites for hydroxylation is 1. The minimum absolute atomic E-state index is 0.0499. The summed E-state index contributed by atoms with van der Waals surface area (Å²) in [5, 5.41) is 18.9. The topological polar surface area (TPSA) is 99.1 Å². The molecule has 3 aromatic heterocycles. The van der Waals surface area contributed by atoms with E-state index in [1.807, 2.05) is 49.6 Å². The molecular formula is C21H24N6O3. The zero-order valence-corrected chi connectivity index (χ0v) is 17.5. The molecule has 1 N–H and O–H groups in total. The van der Waals surface area contributed by atoms with Gasteiger partial charge in [-0.05, 0) is 56.2 Å². The third-order valence-corrected chi connectivity index (χ3v) is 5.22. The largest absolute Gasteiger partial charge is 0.497 e. The van der Waals surface area contributed by atoms with E-state index in [4.69, 9.17) is 9.57 Å². The van der Waals surface area contributed by atoms with Gasteiger partial charge in [0.1, 0.15) is 17.7 Å². The third kappa shape index (κ3) is 3.48. The van der Waals surface area contributed by atoms with Crippen molar-refractivity contribution in [2.45, 2.75) is 33.9 Å². The fourth-order valence-corrected chi connectivity index (χ4v) is 3.48. The molecule has 3 heterocycles. The number of aliphatic hydroxyl groups excluding tert-OH is 1. The second-order valence-corrected chi connectivity index (χ2v) is 7.00. The number of nitrogens with zero attached hydrogens (tertiary/aromatic N) is 6. The number of aliphatic hydroxyl groups is 1. The van der Waals surface area contributed by atoms with E-state index in [9.17, 15) is 5.11 Å². The quantitative estimate of drug-likeness (QED) is 0.373. The lowest BCUT2D eigenvalue weighted by Crippen LogP contribution is -2.05. The van der Waals surface area contributed by atoms with E-state index in [0.29, 0.717) is 18.0 Å². The fourth-order valence-electron chi connectivity index (χ4n) is 3.48. The standard InChI is InChI=1S/C21H24N6O3/c1-13-15(3)26(9-10-28)20-19(13)21-23-18(24-27(21)12-22-20)11-30-25-14(2)16-5-7-17(29-4)8-6-16/h5-8,12,28H,9-11H2,1-4H3. The number of oxime groups is 1. The average Bonchev–Trinajstić information content (AvgIpc) is 3.28. The number of hydrogen-bond donors (Lipinski definition) is 1. The van der Waals surface area contributed by atoms with Crippen LogP contribution >= 0.6 is 0 Å². The summed E-state index contributed by atoms with van der Waals surface area (Å²) in [4.78, 5) is 14.6. The van der Waals surface area contributed by atoms with Crippen LogP contribution in [0.15, 0.2) is 35.7 Å². The van der Waals surface area contributed by atoms with Gasteiger partial charge < -0.3 is 19.2 Å². The van der Waals surface area contributed by atoms with Crippen molar-refractivity contribution >= 4 is 22.4 Å². The van der Waals surface area contributed by atoms with Gasteiger partial charge in [-0.3, -0.25) is 0 Å². The minimum atomic E-state index is 0.0499. The average molecular weight is 408 g/mol. The van der Waals surface area contributed by atoms with Crippen LogP contribution in [0.3, 0.4) is 0 Å². The first-order chi connectivity index (χ1) is 14.5. The molecule has 9 heteroatoms. The first-order valence-electron chi connectivity index (χ1n) is 9.65. The molecule has 0 amide bonds. The Morgan fingerprint density at radius 1 is 1.17 bits per heavy atom. The lowest BCUT2D eigenvalue weighted by molar-refractivity contribution is 0.125. The van der Waals surface area contributed by atoms with Crippen LogP contribution in [0.4, 0.5) is 0 Å². The second-order valence-electron chi connectivity index (χ2n) is 7.00. The van der Waals surface area contributed by atoms with Crippen molar-refractivity contribution in [3.05, 3.63) is 53.2 Å². The van der Waals surface area contributed by atoms with Gasteiger partial charge in [-0.15, -0.1) is 5.10 Å². The molecule has 0 saturated carbocycles. The minimum Gasteiger partial charge on any atom is -0.497 e. The first-order valence-corrected chi connectivity index (χ1v) is 9.65. The summed E-state index contributed by atoms with van der Waals surface area (Å²) < 4.78 is 8.82. The van der Waals surface area contributed by atoms with Crippen LogP contribution in [-0.4, -0.2) is 48.7 Å². The zero-order valence-electron chi connectivity index (χ0n) is 17.5. The monoisotopic (exact) mass is 408 g/mol. The Balaban J connectivity index is 1.58. The van der Waals surface area contributed by atoms with Crippen molar-refractivity contribution in [2.75, 3.05) is 13.7 Å². The van der Waals surface area contributed by atoms with Gasteiger partial charge in [0.15, 0.2) is 18.1 Å². The molecule has 0 unspecified atom stereocenters. The van der Waals surface area contributed by atoms with E-state index < -0.39 is 0 Å². The SMILES string of the molecule is COc1ccc(C(C)=NOCc2nc3c4c(C)c(C)n(CCO)c4ncn3n2)cc1. The summed E-state index contributed by atoms with van der Waals surface area (Å²) in [5.41, 5.74) is 5.33. The number of ether oxygens (including phenoxy) is 1. The summed E-state index contributed by atoms with van der Waals surface area (Å²) >= 11 is 0. The number of benzene rings is 1. The van der Waals surface area contributed by atoms with E-state index in [0.717, 1.165) is 39.3 Å². The van der Waals surface area contributed by atoms with Crippen molar-refractivity contribution < 1.29 is 14.7 Å². The molecule has 9 nitrogen and oxygen atoms in total. The molecule has 0 atom stereocenters. The summed E-state index contributed by atoms with van der Waals surface area (Å²) in [6.07, 6.45) is 1.63. The Labute approximate surface area is 173 Å². The Kier molecular flexibility index (Phi) is 5.37. The molecule has 0 bridgehead atoms. The maximum atomic E-state index is 9.36. The summed E-state index contributed by atoms with van der Waals surface area (Å²) in [5.74, 6) is 1.31. The Hall–Kier alpha value is -3.46. The first kappa shape index (κ1) is 19.8. The Bertz CT molecular complexity index is 1220. The summed E-state index contributed by atoms with van der Waals surface area (Å²) in [7, 11) is 1.63. The smallest absolute Gasteiger partial charge is 0.192 e. The van der Waals surface area contributed by atoms with E-state index in [2.05, 4.69) is 20.2 Å². The fraction of sp³-hybridized carbons (Fsp3) is 0.333.